The van der Waals surface area contributed by atoms with Crippen LogP contribution in [0.3, 0.4) is 0 Å². The summed E-state index contributed by atoms with van der Waals surface area (Å²) in [5.41, 5.74) is 7.46. The molecule has 0 aliphatic heterocycles. The fourth-order valence-corrected chi connectivity index (χ4v) is 1.86. The Morgan fingerprint density at radius 1 is 1.15 bits per heavy atom. The fraction of sp³-hybridized carbons (Fsp3) is 0.200. The second-order valence-corrected chi connectivity index (χ2v) is 4.46. The maximum atomic E-state index is 11.9. The smallest absolute Gasteiger partial charge is 0.257 e. The third kappa shape index (κ3) is 3.55. The van der Waals surface area contributed by atoms with Gasteiger partial charge in [0.1, 0.15) is 5.56 Å². The number of hydrogen-bond acceptors (Lipinski definition) is 3. The Morgan fingerprint density at radius 2 is 1.85 bits per heavy atom. The average molecular weight is 271 g/mol. The first kappa shape index (κ1) is 14.0. The Kier molecular flexibility index (Phi) is 4.68. The van der Waals surface area contributed by atoms with Crippen LogP contribution in [0.15, 0.2) is 47.5 Å². The average Bonchev–Trinajstić information content (AvgIpc) is 2.47. The number of aromatic nitrogens is 1. The van der Waals surface area contributed by atoms with Crippen molar-refractivity contribution in [1.29, 1.82) is 0 Å². The van der Waals surface area contributed by atoms with Crippen LogP contribution in [0.5, 0.6) is 0 Å². The number of pyridine rings is 1. The van der Waals surface area contributed by atoms with Gasteiger partial charge in [-0.15, -0.1) is 0 Å². The highest BCUT2D eigenvalue weighted by atomic mass is 16.2. The minimum Gasteiger partial charge on any atom is -0.367 e. The van der Waals surface area contributed by atoms with Crippen molar-refractivity contribution >= 4 is 5.91 Å². The zero-order valence-corrected chi connectivity index (χ0v) is 11.1. The summed E-state index contributed by atoms with van der Waals surface area (Å²) in [7, 11) is 0. The Balaban J connectivity index is 1.97. The quantitative estimate of drug-likeness (QED) is 0.751. The van der Waals surface area contributed by atoms with Crippen LogP contribution in [0.1, 0.15) is 21.5 Å². The first-order valence-corrected chi connectivity index (χ1v) is 6.44. The van der Waals surface area contributed by atoms with Gasteiger partial charge in [0.15, 0.2) is 5.43 Å². The molecule has 5 nitrogen and oxygen atoms in total. The number of H-pyrrole nitrogens is 1. The third-order valence-electron chi connectivity index (χ3n) is 2.98. The van der Waals surface area contributed by atoms with Crippen molar-refractivity contribution in [1.82, 2.24) is 10.3 Å². The number of nitrogens with one attached hydrogen (secondary N) is 2. The molecule has 4 N–H and O–H groups in total. The van der Waals surface area contributed by atoms with Gasteiger partial charge in [-0.3, -0.25) is 9.59 Å². The highest BCUT2D eigenvalue weighted by molar-refractivity contribution is 5.93. The number of aromatic amines is 1. The molecule has 0 fully saturated rings. The number of amides is 1. The van der Waals surface area contributed by atoms with Crippen LogP contribution in [0.4, 0.5) is 0 Å². The van der Waals surface area contributed by atoms with Gasteiger partial charge in [0.05, 0.1) is 0 Å². The van der Waals surface area contributed by atoms with Gasteiger partial charge in [-0.05, 0) is 24.1 Å². The number of nitrogens with two attached hydrogens (primary N) is 1. The van der Waals surface area contributed by atoms with Crippen molar-refractivity contribution in [2.24, 2.45) is 5.73 Å². The minimum atomic E-state index is -0.377. The summed E-state index contributed by atoms with van der Waals surface area (Å²) in [5.74, 6) is -0.377. The summed E-state index contributed by atoms with van der Waals surface area (Å²) in [6.45, 7) is 1.00. The Bertz CT molecular complexity index is 632. The van der Waals surface area contributed by atoms with E-state index in [-0.39, 0.29) is 16.9 Å². The van der Waals surface area contributed by atoms with E-state index in [0.29, 0.717) is 13.1 Å². The van der Waals surface area contributed by atoms with Crippen LogP contribution in [0.2, 0.25) is 0 Å². The SMILES string of the molecule is NCCc1ccc(CNC(=O)c2c[nH]ccc2=O)cc1. The lowest BCUT2D eigenvalue weighted by atomic mass is 10.1. The fourth-order valence-electron chi connectivity index (χ4n) is 1.86. The second-order valence-electron chi connectivity index (χ2n) is 4.46. The monoisotopic (exact) mass is 271 g/mol. The minimum absolute atomic E-state index is 0.118. The summed E-state index contributed by atoms with van der Waals surface area (Å²) >= 11 is 0. The molecular weight excluding hydrogens is 254 g/mol. The number of carbonyl (C=O) groups is 1. The molecule has 2 rings (SSSR count). The van der Waals surface area contributed by atoms with Crippen LogP contribution in [0.25, 0.3) is 0 Å². The number of hydrogen-bond donors (Lipinski definition) is 3. The summed E-state index contributed by atoms with van der Waals surface area (Å²) in [6, 6.07) is 9.20. The van der Waals surface area contributed by atoms with Crippen molar-refractivity contribution in [3.63, 3.8) is 0 Å². The van der Waals surface area contributed by atoms with Crippen molar-refractivity contribution in [2.75, 3.05) is 6.54 Å². The van der Waals surface area contributed by atoms with Crippen LogP contribution >= 0.6 is 0 Å². The molecule has 0 bridgehead atoms. The first-order valence-electron chi connectivity index (χ1n) is 6.44. The van der Waals surface area contributed by atoms with E-state index in [1.54, 1.807) is 0 Å². The number of benzene rings is 1. The van der Waals surface area contributed by atoms with Crippen molar-refractivity contribution < 1.29 is 4.79 Å². The molecular formula is C15H17N3O2. The van der Waals surface area contributed by atoms with E-state index in [1.807, 2.05) is 24.3 Å². The lowest BCUT2D eigenvalue weighted by molar-refractivity contribution is 0.0949. The molecule has 1 aromatic carbocycles. The maximum Gasteiger partial charge on any atom is 0.257 e. The van der Waals surface area contributed by atoms with Crippen LogP contribution in [-0.4, -0.2) is 17.4 Å². The van der Waals surface area contributed by atoms with Crippen molar-refractivity contribution in [3.05, 3.63) is 69.6 Å². The molecule has 0 saturated carbocycles. The van der Waals surface area contributed by atoms with E-state index in [2.05, 4.69) is 10.3 Å². The molecule has 0 unspecified atom stereocenters. The van der Waals surface area contributed by atoms with Gasteiger partial charge in [-0.2, -0.15) is 0 Å². The van der Waals surface area contributed by atoms with Crippen molar-refractivity contribution in [2.45, 2.75) is 13.0 Å². The Morgan fingerprint density at radius 3 is 2.50 bits per heavy atom. The predicted molar refractivity (Wildman–Crippen MR) is 77.4 cm³/mol. The molecule has 1 heterocycles. The van der Waals surface area contributed by atoms with Crippen LogP contribution in [0, 0.1) is 0 Å². The van der Waals surface area contributed by atoms with Gasteiger partial charge in [-0.25, -0.2) is 0 Å². The van der Waals surface area contributed by atoms with Gasteiger partial charge in [0, 0.05) is 25.0 Å². The molecule has 0 spiro atoms. The van der Waals surface area contributed by atoms with Crippen LogP contribution < -0.4 is 16.5 Å². The van der Waals surface area contributed by atoms with E-state index in [0.717, 1.165) is 12.0 Å². The molecule has 104 valence electrons. The summed E-state index contributed by atoms with van der Waals surface area (Å²) in [4.78, 5) is 26.1. The van der Waals surface area contributed by atoms with Gasteiger partial charge in [0.2, 0.25) is 0 Å². The van der Waals surface area contributed by atoms with Gasteiger partial charge in [-0.1, -0.05) is 24.3 Å². The molecule has 1 aromatic heterocycles. The van der Waals surface area contributed by atoms with E-state index in [4.69, 9.17) is 5.73 Å². The molecule has 0 saturated heterocycles. The van der Waals surface area contributed by atoms with E-state index in [1.165, 1.54) is 24.0 Å². The largest absolute Gasteiger partial charge is 0.367 e. The topological polar surface area (TPSA) is 88.0 Å². The Labute approximate surface area is 116 Å². The van der Waals surface area contributed by atoms with Gasteiger partial charge < -0.3 is 16.0 Å². The molecule has 0 aliphatic carbocycles. The lowest BCUT2D eigenvalue weighted by Gasteiger charge is -2.06. The van der Waals surface area contributed by atoms with Gasteiger partial charge in [0.25, 0.3) is 5.91 Å². The molecule has 1 amide bonds. The van der Waals surface area contributed by atoms with E-state index < -0.39 is 0 Å². The molecule has 0 radical (unpaired) electrons. The molecule has 0 aliphatic rings. The molecule has 0 atom stereocenters. The third-order valence-corrected chi connectivity index (χ3v) is 2.98. The molecule has 20 heavy (non-hydrogen) atoms. The molecule has 2 aromatic rings. The summed E-state index contributed by atoms with van der Waals surface area (Å²) in [5, 5.41) is 2.72. The highest BCUT2D eigenvalue weighted by Crippen LogP contribution is 2.04. The Hall–Kier alpha value is -2.40. The van der Waals surface area contributed by atoms with Crippen molar-refractivity contribution in [3.8, 4) is 0 Å². The number of rotatable bonds is 5. The zero-order valence-electron chi connectivity index (χ0n) is 11.1. The highest BCUT2D eigenvalue weighted by Gasteiger charge is 2.08. The zero-order chi connectivity index (χ0) is 14.4. The van der Waals surface area contributed by atoms with Gasteiger partial charge >= 0.3 is 0 Å². The summed E-state index contributed by atoms with van der Waals surface area (Å²) < 4.78 is 0. The standard InChI is InChI=1S/C15H17N3O2/c16-7-5-11-1-3-12(4-2-11)9-18-15(20)13-10-17-8-6-14(13)19/h1-4,6,8,10H,5,7,9,16H2,(H,17,19)(H,18,20). The van der Waals surface area contributed by atoms with Crippen LogP contribution in [-0.2, 0) is 13.0 Å². The first-order chi connectivity index (χ1) is 9.70. The molecule has 5 heteroatoms. The van der Waals surface area contributed by atoms with E-state index in [9.17, 15) is 9.59 Å². The normalized spacial score (nSPS) is 10.2. The second kappa shape index (κ2) is 6.68. The lowest BCUT2D eigenvalue weighted by Crippen LogP contribution is -2.27. The number of carbonyl (C=O) groups excluding carboxylic acids is 1. The summed E-state index contributed by atoms with van der Waals surface area (Å²) in [6.07, 6.45) is 3.74. The maximum absolute atomic E-state index is 11.9. The predicted octanol–water partition coefficient (Wildman–Crippen LogP) is 0.806. The van der Waals surface area contributed by atoms with E-state index >= 15 is 0 Å².